The molecule has 102 valence electrons. The third-order valence-corrected chi connectivity index (χ3v) is 2.89. The fraction of sp³-hybridized carbons (Fsp3) is 0.600. The van der Waals surface area contributed by atoms with Gasteiger partial charge in [0.05, 0.1) is 0 Å². The molecule has 0 aliphatic carbocycles. The third-order valence-electron chi connectivity index (χ3n) is 2.89. The standard InChI is InChI=1S/C15H26N2O/c1-11(2)14-8-12(9-16(3)4)7-13(15(14)18)10-17(5)6/h7-8,11,18H,9-10H2,1-6H3. The van der Waals surface area contributed by atoms with E-state index >= 15 is 0 Å². The van der Waals surface area contributed by atoms with Crippen LogP contribution in [0.1, 0.15) is 36.5 Å². The number of aromatic hydroxyl groups is 1. The molecule has 0 heterocycles. The highest BCUT2D eigenvalue weighted by Gasteiger charge is 2.13. The van der Waals surface area contributed by atoms with Gasteiger partial charge >= 0.3 is 0 Å². The van der Waals surface area contributed by atoms with Crippen LogP contribution >= 0.6 is 0 Å². The molecule has 18 heavy (non-hydrogen) atoms. The molecule has 0 bridgehead atoms. The van der Waals surface area contributed by atoms with Gasteiger partial charge in [-0.25, -0.2) is 0 Å². The van der Waals surface area contributed by atoms with Crippen molar-refractivity contribution in [3.05, 3.63) is 28.8 Å². The van der Waals surface area contributed by atoms with Gasteiger partial charge in [0.1, 0.15) is 5.75 Å². The van der Waals surface area contributed by atoms with Crippen LogP contribution in [0.25, 0.3) is 0 Å². The molecule has 0 amide bonds. The van der Waals surface area contributed by atoms with Gasteiger partial charge in [-0.3, -0.25) is 0 Å². The summed E-state index contributed by atoms with van der Waals surface area (Å²) in [6, 6.07) is 4.24. The van der Waals surface area contributed by atoms with Crippen LogP contribution in [0.2, 0.25) is 0 Å². The van der Waals surface area contributed by atoms with Gasteiger partial charge < -0.3 is 14.9 Å². The van der Waals surface area contributed by atoms with Crippen molar-refractivity contribution in [1.29, 1.82) is 0 Å². The van der Waals surface area contributed by atoms with E-state index in [2.05, 4.69) is 49.9 Å². The number of phenolic OH excluding ortho intramolecular Hbond substituents is 1. The van der Waals surface area contributed by atoms with Gasteiger partial charge in [-0.2, -0.15) is 0 Å². The summed E-state index contributed by atoms with van der Waals surface area (Å²) in [6.45, 7) is 5.91. The van der Waals surface area contributed by atoms with Gasteiger partial charge in [-0.15, -0.1) is 0 Å². The Balaban J connectivity index is 3.18. The SMILES string of the molecule is CC(C)c1cc(CN(C)C)cc(CN(C)C)c1O. The van der Waals surface area contributed by atoms with Crippen molar-refractivity contribution in [2.24, 2.45) is 0 Å². The number of phenols is 1. The molecular weight excluding hydrogens is 224 g/mol. The van der Waals surface area contributed by atoms with Crippen LogP contribution in [-0.4, -0.2) is 43.1 Å². The molecule has 1 aromatic rings. The maximum atomic E-state index is 10.3. The van der Waals surface area contributed by atoms with Crippen LogP contribution in [-0.2, 0) is 13.1 Å². The van der Waals surface area contributed by atoms with E-state index in [4.69, 9.17) is 0 Å². The summed E-state index contributed by atoms with van der Waals surface area (Å²) in [7, 11) is 8.17. The van der Waals surface area contributed by atoms with Crippen molar-refractivity contribution >= 4 is 0 Å². The van der Waals surface area contributed by atoms with E-state index < -0.39 is 0 Å². The molecular formula is C15H26N2O. The maximum absolute atomic E-state index is 10.3. The van der Waals surface area contributed by atoms with Crippen molar-refractivity contribution in [2.45, 2.75) is 32.9 Å². The van der Waals surface area contributed by atoms with Crippen LogP contribution < -0.4 is 0 Å². The molecule has 0 saturated carbocycles. The molecule has 0 fully saturated rings. The lowest BCUT2D eigenvalue weighted by molar-refractivity contribution is 0.379. The van der Waals surface area contributed by atoms with Gasteiger partial charge in [0, 0.05) is 18.7 Å². The molecule has 1 rings (SSSR count). The molecule has 0 saturated heterocycles. The lowest BCUT2D eigenvalue weighted by Gasteiger charge is -2.19. The van der Waals surface area contributed by atoms with Crippen molar-refractivity contribution in [3.8, 4) is 5.75 Å². The number of benzene rings is 1. The zero-order valence-corrected chi connectivity index (χ0v) is 12.5. The first-order valence-electron chi connectivity index (χ1n) is 6.45. The second kappa shape index (κ2) is 6.21. The van der Waals surface area contributed by atoms with Gasteiger partial charge in [-0.1, -0.05) is 19.9 Å². The fourth-order valence-electron chi connectivity index (χ4n) is 2.15. The minimum absolute atomic E-state index is 0.341. The normalized spacial score (nSPS) is 11.8. The fourth-order valence-corrected chi connectivity index (χ4v) is 2.15. The number of rotatable bonds is 5. The molecule has 0 spiro atoms. The Bertz CT molecular complexity index is 398. The lowest BCUT2D eigenvalue weighted by Crippen LogP contribution is -2.14. The molecule has 0 aliphatic heterocycles. The largest absolute Gasteiger partial charge is 0.507 e. The van der Waals surface area contributed by atoms with Gasteiger partial charge in [0.25, 0.3) is 0 Å². The van der Waals surface area contributed by atoms with E-state index in [1.807, 2.05) is 14.1 Å². The Labute approximate surface area is 111 Å². The summed E-state index contributed by atoms with van der Waals surface area (Å²) in [5, 5.41) is 10.3. The molecule has 1 N–H and O–H groups in total. The van der Waals surface area contributed by atoms with Crippen molar-refractivity contribution in [2.75, 3.05) is 28.2 Å². The highest BCUT2D eigenvalue weighted by atomic mass is 16.3. The number of hydrogen-bond donors (Lipinski definition) is 1. The monoisotopic (exact) mass is 250 g/mol. The highest BCUT2D eigenvalue weighted by molar-refractivity contribution is 5.45. The smallest absolute Gasteiger partial charge is 0.123 e. The quantitative estimate of drug-likeness (QED) is 0.870. The minimum Gasteiger partial charge on any atom is -0.507 e. The molecule has 3 nitrogen and oxygen atoms in total. The molecule has 1 aromatic carbocycles. The third kappa shape index (κ3) is 4.00. The molecule has 0 aromatic heterocycles. The van der Waals surface area contributed by atoms with Crippen LogP contribution in [0.4, 0.5) is 0 Å². The maximum Gasteiger partial charge on any atom is 0.123 e. The zero-order valence-electron chi connectivity index (χ0n) is 12.5. The predicted octanol–water partition coefficient (Wildman–Crippen LogP) is 2.64. The van der Waals surface area contributed by atoms with Crippen LogP contribution in [0.15, 0.2) is 12.1 Å². The van der Waals surface area contributed by atoms with E-state index in [9.17, 15) is 5.11 Å². The second-order valence-corrected chi connectivity index (χ2v) is 5.82. The summed E-state index contributed by atoms with van der Waals surface area (Å²) < 4.78 is 0. The zero-order chi connectivity index (χ0) is 13.9. The summed E-state index contributed by atoms with van der Waals surface area (Å²) in [6.07, 6.45) is 0. The van der Waals surface area contributed by atoms with Crippen molar-refractivity contribution in [3.63, 3.8) is 0 Å². The lowest BCUT2D eigenvalue weighted by atomic mass is 9.95. The molecule has 0 aliphatic rings. The first-order chi connectivity index (χ1) is 8.31. The summed E-state index contributed by atoms with van der Waals surface area (Å²) in [5.74, 6) is 0.800. The number of hydrogen-bond acceptors (Lipinski definition) is 3. The van der Waals surface area contributed by atoms with Gasteiger partial charge in [-0.05, 0) is 51.3 Å². The predicted molar refractivity (Wildman–Crippen MR) is 77.0 cm³/mol. The van der Waals surface area contributed by atoms with Crippen molar-refractivity contribution < 1.29 is 5.11 Å². The highest BCUT2D eigenvalue weighted by Crippen LogP contribution is 2.31. The Morgan fingerprint density at radius 3 is 2.00 bits per heavy atom. The van der Waals surface area contributed by atoms with Crippen molar-refractivity contribution in [1.82, 2.24) is 9.80 Å². The van der Waals surface area contributed by atoms with Gasteiger partial charge in [0.15, 0.2) is 0 Å². The van der Waals surface area contributed by atoms with Crippen LogP contribution in [0.3, 0.4) is 0 Å². The van der Waals surface area contributed by atoms with E-state index in [0.717, 1.165) is 24.2 Å². The Kier molecular flexibility index (Phi) is 5.17. The Hall–Kier alpha value is -1.06. The van der Waals surface area contributed by atoms with E-state index in [1.165, 1.54) is 5.56 Å². The summed E-state index contributed by atoms with van der Waals surface area (Å²) >= 11 is 0. The van der Waals surface area contributed by atoms with E-state index in [1.54, 1.807) is 0 Å². The molecule has 0 unspecified atom stereocenters. The first-order valence-corrected chi connectivity index (χ1v) is 6.45. The minimum atomic E-state index is 0.341. The molecule has 0 atom stereocenters. The molecule has 3 heteroatoms. The topological polar surface area (TPSA) is 26.7 Å². The summed E-state index contributed by atoms with van der Waals surface area (Å²) in [4.78, 5) is 4.23. The molecule has 0 radical (unpaired) electrons. The Morgan fingerprint density at radius 2 is 1.56 bits per heavy atom. The van der Waals surface area contributed by atoms with Crippen LogP contribution in [0.5, 0.6) is 5.75 Å². The Morgan fingerprint density at radius 1 is 1.00 bits per heavy atom. The second-order valence-electron chi connectivity index (χ2n) is 5.82. The van der Waals surface area contributed by atoms with E-state index in [-0.39, 0.29) is 0 Å². The van der Waals surface area contributed by atoms with Crippen LogP contribution in [0, 0.1) is 0 Å². The average Bonchev–Trinajstić information content (AvgIpc) is 2.20. The average molecular weight is 250 g/mol. The number of nitrogens with zero attached hydrogens (tertiary/aromatic N) is 2. The first kappa shape index (κ1) is 15.0. The van der Waals surface area contributed by atoms with Gasteiger partial charge in [0.2, 0.25) is 0 Å². The van der Waals surface area contributed by atoms with E-state index in [0.29, 0.717) is 11.7 Å². The summed E-state index contributed by atoms with van der Waals surface area (Å²) in [5.41, 5.74) is 3.33.